The molecule has 1 amide bonds. The first-order chi connectivity index (χ1) is 11.7. The van der Waals surface area contributed by atoms with Crippen LogP contribution < -0.4 is 0 Å². The first kappa shape index (κ1) is 15.6. The number of carbonyl (C=O) groups excluding carboxylic acids is 2. The minimum atomic E-state index is -0.490. The number of piperidine rings is 1. The second-order valence-electron chi connectivity index (χ2n) is 7.38. The third-order valence-corrected chi connectivity index (χ3v) is 6.06. The van der Waals surface area contributed by atoms with Gasteiger partial charge in [-0.25, -0.2) is 0 Å². The van der Waals surface area contributed by atoms with Gasteiger partial charge in [-0.1, -0.05) is 0 Å². The number of esters is 1. The van der Waals surface area contributed by atoms with E-state index in [4.69, 9.17) is 4.74 Å². The van der Waals surface area contributed by atoms with Crippen LogP contribution in [0.5, 0.6) is 0 Å². The molecule has 1 spiro atoms. The zero-order chi connectivity index (χ0) is 16.6. The molecule has 1 unspecified atom stereocenters. The fraction of sp³-hybridized carbons (Fsp3) is 0.632. The summed E-state index contributed by atoms with van der Waals surface area (Å²) in [4.78, 5) is 30.9. The summed E-state index contributed by atoms with van der Waals surface area (Å²) in [6.45, 7) is 1.54. The molecule has 3 aliphatic rings. The number of rotatable bonds is 2. The van der Waals surface area contributed by atoms with Crippen LogP contribution in [0.1, 0.15) is 56.4 Å². The normalized spacial score (nSPS) is 26.8. The molecule has 0 N–H and O–H groups in total. The standard InChI is InChI=1S/C19H24N2O3/c22-17-13-16(19(24-17)7-1-2-8-19)18(23)21-11-5-15(6-12-21)14-3-9-20-10-4-14/h3-4,9-10,15-16H,1-2,5-8,11-13H2. The zero-order valence-corrected chi connectivity index (χ0v) is 13.9. The minimum Gasteiger partial charge on any atom is -0.458 e. The van der Waals surface area contributed by atoms with Gasteiger partial charge in [-0.3, -0.25) is 14.6 Å². The van der Waals surface area contributed by atoms with Crippen molar-refractivity contribution in [3.63, 3.8) is 0 Å². The lowest BCUT2D eigenvalue weighted by atomic mass is 9.83. The predicted molar refractivity (Wildman–Crippen MR) is 88.2 cm³/mol. The van der Waals surface area contributed by atoms with Crippen LogP contribution in [-0.4, -0.2) is 40.5 Å². The van der Waals surface area contributed by atoms with Crippen molar-refractivity contribution in [3.05, 3.63) is 30.1 Å². The average Bonchev–Trinajstić information content (AvgIpc) is 3.22. The van der Waals surface area contributed by atoms with Crippen LogP contribution in [0.15, 0.2) is 24.5 Å². The van der Waals surface area contributed by atoms with E-state index in [1.54, 1.807) is 0 Å². The number of aromatic nitrogens is 1. The Morgan fingerprint density at radius 1 is 1.17 bits per heavy atom. The van der Waals surface area contributed by atoms with Crippen LogP contribution in [0.4, 0.5) is 0 Å². The van der Waals surface area contributed by atoms with E-state index in [0.717, 1.165) is 51.6 Å². The van der Waals surface area contributed by atoms with Gasteiger partial charge in [0.1, 0.15) is 5.60 Å². The topological polar surface area (TPSA) is 59.5 Å². The summed E-state index contributed by atoms with van der Waals surface area (Å²) in [6.07, 6.45) is 9.70. The average molecular weight is 328 g/mol. The van der Waals surface area contributed by atoms with Gasteiger partial charge in [0.05, 0.1) is 12.3 Å². The molecule has 24 heavy (non-hydrogen) atoms. The fourth-order valence-electron chi connectivity index (χ4n) is 4.72. The molecule has 2 aliphatic heterocycles. The van der Waals surface area contributed by atoms with E-state index >= 15 is 0 Å². The van der Waals surface area contributed by atoms with Crippen molar-refractivity contribution in [1.82, 2.24) is 9.88 Å². The second kappa shape index (κ2) is 6.19. The Bertz CT molecular complexity index is 617. The quantitative estimate of drug-likeness (QED) is 0.783. The molecule has 4 rings (SSSR count). The molecule has 128 valence electrons. The van der Waals surface area contributed by atoms with E-state index in [2.05, 4.69) is 17.1 Å². The Kier molecular flexibility index (Phi) is 4.02. The van der Waals surface area contributed by atoms with Crippen molar-refractivity contribution in [2.24, 2.45) is 5.92 Å². The van der Waals surface area contributed by atoms with Crippen LogP contribution in [0.25, 0.3) is 0 Å². The molecule has 3 fully saturated rings. The Morgan fingerprint density at radius 2 is 1.83 bits per heavy atom. The summed E-state index contributed by atoms with van der Waals surface area (Å²) >= 11 is 0. The second-order valence-corrected chi connectivity index (χ2v) is 7.38. The van der Waals surface area contributed by atoms with Crippen molar-refractivity contribution >= 4 is 11.9 Å². The molecule has 1 aromatic heterocycles. The van der Waals surface area contributed by atoms with Crippen LogP contribution in [0.2, 0.25) is 0 Å². The lowest BCUT2D eigenvalue weighted by Crippen LogP contribution is -2.47. The summed E-state index contributed by atoms with van der Waals surface area (Å²) < 4.78 is 5.63. The molecule has 1 aromatic rings. The molecule has 0 aromatic carbocycles. The number of pyridine rings is 1. The lowest BCUT2D eigenvalue weighted by Gasteiger charge is -2.36. The van der Waals surface area contributed by atoms with Crippen molar-refractivity contribution in [2.45, 2.75) is 56.5 Å². The van der Waals surface area contributed by atoms with Gasteiger partial charge in [0.15, 0.2) is 0 Å². The van der Waals surface area contributed by atoms with Gasteiger partial charge >= 0.3 is 5.97 Å². The van der Waals surface area contributed by atoms with Crippen molar-refractivity contribution in [3.8, 4) is 0 Å². The Balaban J connectivity index is 1.42. The monoisotopic (exact) mass is 328 g/mol. The highest BCUT2D eigenvalue weighted by Gasteiger charge is 2.54. The molecule has 1 atom stereocenters. The molecular formula is C19H24N2O3. The maximum Gasteiger partial charge on any atom is 0.307 e. The number of nitrogens with zero attached hydrogens (tertiary/aromatic N) is 2. The molecule has 0 bridgehead atoms. The van der Waals surface area contributed by atoms with E-state index < -0.39 is 5.60 Å². The molecule has 2 saturated heterocycles. The molecular weight excluding hydrogens is 304 g/mol. The molecule has 1 aliphatic carbocycles. The highest BCUT2D eigenvalue weighted by atomic mass is 16.6. The van der Waals surface area contributed by atoms with E-state index in [-0.39, 0.29) is 24.2 Å². The van der Waals surface area contributed by atoms with Crippen molar-refractivity contribution < 1.29 is 14.3 Å². The number of amides is 1. The molecule has 3 heterocycles. The Hall–Kier alpha value is -1.91. The number of likely N-dealkylation sites (tertiary alicyclic amines) is 1. The maximum absolute atomic E-state index is 13.0. The van der Waals surface area contributed by atoms with E-state index in [9.17, 15) is 9.59 Å². The van der Waals surface area contributed by atoms with Gasteiger partial charge in [-0.15, -0.1) is 0 Å². The zero-order valence-electron chi connectivity index (χ0n) is 13.9. The van der Waals surface area contributed by atoms with Crippen LogP contribution >= 0.6 is 0 Å². The third-order valence-electron chi connectivity index (χ3n) is 6.06. The van der Waals surface area contributed by atoms with Gasteiger partial charge in [-0.05, 0) is 62.1 Å². The highest BCUT2D eigenvalue weighted by molar-refractivity contribution is 5.88. The van der Waals surface area contributed by atoms with Gasteiger partial charge in [0.2, 0.25) is 5.91 Å². The fourth-order valence-corrected chi connectivity index (χ4v) is 4.72. The molecule has 5 nitrogen and oxygen atoms in total. The van der Waals surface area contributed by atoms with Crippen molar-refractivity contribution in [2.75, 3.05) is 13.1 Å². The maximum atomic E-state index is 13.0. The number of ether oxygens (including phenoxy) is 1. The highest BCUT2D eigenvalue weighted by Crippen LogP contribution is 2.46. The van der Waals surface area contributed by atoms with Gasteiger partial charge in [0.25, 0.3) is 0 Å². The van der Waals surface area contributed by atoms with Gasteiger partial charge in [-0.2, -0.15) is 0 Å². The third kappa shape index (κ3) is 2.70. The molecule has 0 radical (unpaired) electrons. The number of hydrogen-bond donors (Lipinski definition) is 0. The summed E-state index contributed by atoms with van der Waals surface area (Å²) in [6, 6.07) is 4.14. The minimum absolute atomic E-state index is 0.135. The SMILES string of the molecule is O=C1CC(C(=O)N2CCC(c3ccncc3)CC2)C2(CCCC2)O1. The molecule has 1 saturated carbocycles. The van der Waals surface area contributed by atoms with E-state index in [1.165, 1.54) is 5.56 Å². The van der Waals surface area contributed by atoms with E-state index in [1.807, 2.05) is 17.3 Å². The number of hydrogen-bond acceptors (Lipinski definition) is 4. The first-order valence-corrected chi connectivity index (χ1v) is 9.08. The smallest absolute Gasteiger partial charge is 0.307 e. The number of carbonyl (C=O) groups is 2. The first-order valence-electron chi connectivity index (χ1n) is 9.08. The summed E-state index contributed by atoms with van der Waals surface area (Å²) in [5.74, 6) is 0.182. The van der Waals surface area contributed by atoms with Gasteiger partial charge < -0.3 is 9.64 Å². The Labute approximate surface area is 142 Å². The van der Waals surface area contributed by atoms with E-state index in [0.29, 0.717) is 5.92 Å². The summed E-state index contributed by atoms with van der Waals surface area (Å²) in [5, 5.41) is 0. The summed E-state index contributed by atoms with van der Waals surface area (Å²) in [5.41, 5.74) is 0.819. The van der Waals surface area contributed by atoms with Gasteiger partial charge in [0, 0.05) is 25.5 Å². The van der Waals surface area contributed by atoms with Crippen molar-refractivity contribution in [1.29, 1.82) is 0 Å². The van der Waals surface area contributed by atoms with Crippen LogP contribution in [-0.2, 0) is 14.3 Å². The predicted octanol–water partition coefficient (Wildman–Crippen LogP) is 2.66. The lowest BCUT2D eigenvalue weighted by molar-refractivity contribution is -0.152. The molecule has 5 heteroatoms. The van der Waals surface area contributed by atoms with Crippen LogP contribution in [0.3, 0.4) is 0 Å². The van der Waals surface area contributed by atoms with Crippen LogP contribution in [0, 0.1) is 5.92 Å². The largest absolute Gasteiger partial charge is 0.458 e. The Morgan fingerprint density at radius 3 is 2.50 bits per heavy atom. The summed E-state index contributed by atoms with van der Waals surface area (Å²) in [7, 11) is 0.